The van der Waals surface area contributed by atoms with E-state index >= 15 is 0 Å². The normalized spacial score (nSPS) is 11.5. The molecule has 0 atom stereocenters. The van der Waals surface area contributed by atoms with E-state index in [1.165, 1.54) is 12.4 Å². The molecule has 2 aromatic heterocycles. The highest BCUT2D eigenvalue weighted by atomic mass is 35.5. The van der Waals surface area contributed by atoms with Gasteiger partial charge in [-0.15, -0.1) is 21.1 Å². The zero-order chi connectivity index (χ0) is 21.2. The predicted molar refractivity (Wildman–Crippen MR) is 107 cm³/mol. The molecule has 154 valence electrons. The molecule has 0 aliphatic rings. The van der Waals surface area contributed by atoms with Gasteiger partial charge in [-0.05, 0) is 19.1 Å². The number of methoxy groups -OCH3 is 1. The molecule has 0 radical (unpaired) electrons. The number of ether oxygens (including phenoxy) is 2. The number of hydrogen-bond acceptors (Lipinski definition) is 9. The van der Waals surface area contributed by atoms with E-state index in [4.69, 9.17) is 40.2 Å². The van der Waals surface area contributed by atoms with Crippen molar-refractivity contribution < 1.29 is 22.7 Å². The second kappa shape index (κ2) is 8.78. The SMILES string of the molecule is CCOc1nn(C(=S)NS(=O)(=O)c2c(C(=O)OC)csc2C(Cl)Cl)c(=O)n1C. The van der Waals surface area contributed by atoms with E-state index < -0.39 is 36.5 Å². The van der Waals surface area contributed by atoms with Gasteiger partial charge in [-0.25, -0.2) is 22.6 Å². The summed E-state index contributed by atoms with van der Waals surface area (Å²) in [4.78, 5) is 22.4. The highest BCUT2D eigenvalue weighted by Crippen LogP contribution is 2.38. The number of esters is 1. The molecule has 0 unspecified atom stereocenters. The largest absolute Gasteiger partial charge is 0.465 e. The van der Waals surface area contributed by atoms with E-state index in [0.717, 1.165) is 23.0 Å². The number of rotatable bonds is 6. The van der Waals surface area contributed by atoms with Gasteiger partial charge in [0, 0.05) is 12.4 Å². The second-order valence-electron chi connectivity index (χ2n) is 5.01. The molecule has 10 nitrogen and oxygen atoms in total. The first kappa shape index (κ1) is 22.6. The molecule has 15 heteroatoms. The Morgan fingerprint density at radius 2 is 2.11 bits per heavy atom. The third kappa shape index (κ3) is 4.33. The number of sulfonamides is 1. The summed E-state index contributed by atoms with van der Waals surface area (Å²) in [5.74, 6) is -0.906. The minimum Gasteiger partial charge on any atom is -0.465 e. The first-order valence-corrected chi connectivity index (χ1v) is 11.0. The third-order valence-electron chi connectivity index (χ3n) is 3.27. The van der Waals surface area contributed by atoms with Crippen LogP contribution < -0.4 is 15.1 Å². The van der Waals surface area contributed by atoms with Crippen molar-refractivity contribution in [3.8, 4) is 6.01 Å². The molecule has 0 saturated carbocycles. The van der Waals surface area contributed by atoms with Crippen molar-refractivity contribution in [2.24, 2.45) is 7.05 Å². The van der Waals surface area contributed by atoms with Gasteiger partial charge in [-0.2, -0.15) is 0 Å². The smallest absolute Gasteiger partial charge is 0.355 e. The van der Waals surface area contributed by atoms with Crippen molar-refractivity contribution >= 4 is 67.9 Å². The van der Waals surface area contributed by atoms with Gasteiger partial charge in [0.1, 0.15) is 9.73 Å². The zero-order valence-electron chi connectivity index (χ0n) is 14.6. The van der Waals surface area contributed by atoms with Crippen LogP contribution in [-0.2, 0) is 21.8 Å². The van der Waals surface area contributed by atoms with E-state index in [0.29, 0.717) is 4.68 Å². The number of thiophene rings is 1. The Hall–Kier alpha value is -1.67. The van der Waals surface area contributed by atoms with Crippen LogP contribution in [0, 0.1) is 0 Å². The van der Waals surface area contributed by atoms with Crippen LogP contribution >= 0.6 is 46.8 Å². The van der Waals surface area contributed by atoms with Crippen LogP contribution in [0.15, 0.2) is 15.1 Å². The van der Waals surface area contributed by atoms with E-state index in [-0.39, 0.29) is 23.1 Å². The Morgan fingerprint density at radius 3 is 2.64 bits per heavy atom. The van der Waals surface area contributed by atoms with Gasteiger partial charge in [0.15, 0.2) is 0 Å². The van der Waals surface area contributed by atoms with Crippen molar-refractivity contribution in [3.63, 3.8) is 0 Å². The van der Waals surface area contributed by atoms with Crippen LogP contribution in [0.25, 0.3) is 0 Å². The van der Waals surface area contributed by atoms with E-state index in [9.17, 15) is 18.0 Å². The number of alkyl halides is 2. The predicted octanol–water partition coefficient (Wildman–Crippen LogP) is 1.42. The molecule has 0 aliphatic carbocycles. The lowest BCUT2D eigenvalue weighted by Crippen LogP contribution is -2.40. The van der Waals surface area contributed by atoms with Crippen LogP contribution in [0.3, 0.4) is 0 Å². The lowest BCUT2D eigenvalue weighted by molar-refractivity contribution is 0.0597. The fourth-order valence-electron chi connectivity index (χ4n) is 2.06. The van der Waals surface area contributed by atoms with Crippen molar-refractivity contribution in [1.29, 1.82) is 0 Å². The summed E-state index contributed by atoms with van der Waals surface area (Å²) in [6.07, 6.45) is 0. The van der Waals surface area contributed by atoms with E-state index in [1.807, 2.05) is 4.72 Å². The summed E-state index contributed by atoms with van der Waals surface area (Å²) in [5, 5.41) is 4.52. The average molecular weight is 489 g/mol. The Bertz CT molecular complexity index is 1070. The summed E-state index contributed by atoms with van der Waals surface area (Å²) in [6.45, 7) is 1.92. The number of aromatic nitrogens is 3. The number of carbonyl (C=O) groups excluding carboxylic acids is 1. The number of thiocarbonyl (C=S) groups is 1. The molecule has 0 saturated heterocycles. The zero-order valence-corrected chi connectivity index (χ0v) is 18.6. The number of halogens is 2. The molecule has 2 rings (SSSR count). The van der Waals surface area contributed by atoms with Crippen molar-refractivity contribution in [2.75, 3.05) is 13.7 Å². The minimum atomic E-state index is -4.46. The maximum Gasteiger partial charge on any atom is 0.355 e. The fourth-order valence-corrected chi connectivity index (χ4v) is 5.72. The maximum atomic E-state index is 12.9. The number of nitrogens with zero attached hydrogens (tertiary/aromatic N) is 3. The van der Waals surface area contributed by atoms with Gasteiger partial charge in [-0.3, -0.25) is 4.72 Å². The quantitative estimate of drug-likeness (QED) is 0.367. The van der Waals surface area contributed by atoms with Gasteiger partial charge >= 0.3 is 17.7 Å². The maximum absolute atomic E-state index is 12.9. The molecule has 0 spiro atoms. The summed E-state index contributed by atoms with van der Waals surface area (Å²) < 4.78 is 39.2. The van der Waals surface area contributed by atoms with Gasteiger partial charge in [0.2, 0.25) is 5.11 Å². The Morgan fingerprint density at radius 1 is 1.46 bits per heavy atom. The van der Waals surface area contributed by atoms with Crippen LogP contribution in [0.1, 0.15) is 27.0 Å². The third-order valence-corrected chi connectivity index (χ3v) is 6.99. The summed E-state index contributed by atoms with van der Waals surface area (Å²) in [6, 6.07) is -0.0536. The number of carbonyl (C=O) groups is 1. The second-order valence-corrected chi connectivity index (χ2v) is 9.03. The average Bonchev–Trinajstić information content (AvgIpc) is 3.19. The molecular weight excluding hydrogens is 475 g/mol. The molecule has 0 bridgehead atoms. The summed E-state index contributed by atoms with van der Waals surface area (Å²) in [7, 11) is -1.98. The summed E-state index contributed by atoms with van der Waals surface area (Å²) >= 11 is 17.5. The van der Waals surface area contributed by atoms with Crippen molar-refractivity contribution in [2.45, 2.75) is 16.7 Å². The monoisotopic (exact) mass is 488 g/mol. The molecular formula is C13H14Cl2N4O6S3. The highest BCUT2D eigenvalue weighted by molar-refractivity contribution is 7.92. The molecule has 28 heavy (non-hydrogen) atoms. The molecule has 0 fully saturated rings. The molecule has 2 aromatic rings. The topological polar surface area (TPSA) is 122 Å². The van der Waals surface area contributed by atoms with Gasteiger partial charge in [0.05, 0.1) is 24.2 Å². The number of nitrogens with one attached hydrogen (secondary N) is 1. The molecule has 2 heterocycles. The standard InChI is InChI=1S/C13H14Cl2N4O6S3/c1-4-25-11-16-19(13(21)18(11)2)12(26)17-28(22,23)8-6(10(20)24-3)5-27-7(8)9(14)15/h5,9H,4H2,1-3H3,(H,17,26). The summed E-state index contributed by atoms with van der Waals surface area (Å²) in [5.41, 5.74) is -1.00. The van der Waals surface area contributed by atoms with Crippen LogP contribution in [0.4, 0.5) is 0 Å². The Kier molecular flexibility index (Phi) is 7.09. The van der Waals surface area contributed by atoms with Crippen LogP contribution in [0.2, 0.25) is 0 Å². The molecule has 0 amide bonds. The van der Waals surface area contributed by atoms with Crippen LogP contribution in [-0.4, -0.2) is 47.6 Å². The molecule has 0 aliphatic heterocycles. The van der Waals surface area contributed by atoms with Gasteiger partial charge < -0.3 is 9.47 Å². The van der Waals surface area contributed by atoms with Crippen LogP contribution in [0.5, 0.6) is 6.01 Å². The number of hydrogen-bond donors (Lipinski definition) is 1. The van der Waals surface area contributed by atoms with E-state index in [2.05, 4.69) is 9.84 Å². The lowest BCUT2D eigenvalue weighted by atomic mass is 10.3. The first-order valence-electron chi connectivity index (χ1n) is 7.39. The van der Waals surface area contributed by atoms with Crippen molar-refractivity contribution in [3.05, 3.63) is 26.3 Å². The van der Waals surface area contributed by atoms with E-state index in [1.54, 1.807) is 6.92 Å². The van der Waals surface area contributed by atoms with Gasteiger partial charge in [-0.1, -0.05) is 23.2 Å². The first-order chi connectivity index (χ1) is 13.0. The fraction of sp³-hybridized carbons (Fsp3) is 0.385. The van der Waals surface area contributed by atoms with Crippen molar-refractivity contribution in [1.82, 2.24) is 19.1 Å². The highest BCUT2D eigenvalue weighted by Gasteiger charge is 2.32. The van der Waals surface area contributed by atoms with Gasteiger partial charge in [0.25, 0.3) is 10.0 Å². The Balaban J connectivity index is 2.49. The lowest BCUT2D eigenvalue weighted by Gasteiger charge is -2.11. The minimum absolute atomic E-state index is 0.0117. The Labute approximate surface area is 179 Å². The molecule has 0 aromatic carbocycles. The molecule has 1 N–H and O–H groups in total.